The van der Waals surface area contributed by atoms with E-state index >= 15 is 0 Å². The van der Waals surface area contributed by atoms with E-state index in [4.69, 9.17) is 4.74 Å². The van der Waals surface area contributed by atoms with E-state index in [9.17, 15) is 14.7 Å². The van der Waals surface area contributed by atoms with Crippen LogP contribution in [0.15, 0.2) is 36.4 Å². The minimum absolute atomic E-state index is 0.164. The number of rotatable bonds is 7. The number of amides is 1. The van der Waals surface area contributed by atoms with Crippen LogP contribution >= 0.6 is 11.3 Å². The second kappa shape index (κ2) is 8.13. The average Bonchev–Trinajstić information content (AvgIpc) is 3.06. The van der Waals surface area contributed by atoms with Gasteiger partial charge in [-0.3, -0.25) is 4.79 Å². The summed E-state index contributed by atoms with van der Waals surface area (Å²) in [5.74, 6) is -0.710. The van der Waals surface area contributed by atoms with Gasteiger partial charge in [-0.05, 0) is 30.2 Å². The van der Waals surface area contributed by atoms with Crippen LogP contribution in [0, 0.1) is 0 Å². The summed E-state index contributed by atoms with van der Waals surface area (Å²) in [7, 11) is 0. The van der Waals surface area contributed by atoms with Crippen LogP contribution in [0.4, 0.5) is 0 Å². The Bertz CT molecular complexity index is 721. The van der Waals surface area contributed by atoms with Crippen LogP contribution in [0.2, 0.25) is 0 Å². The van der Waals surface area contributed by atoms with E-state index in [1.54, 1.807) is 24.3 Å². The Morgan fingerprint density at radius 1 is 1.32 bits per heavy atom. The number of thiophene rings is 1. The molecule has 3 N–H and O–H groups in total. The molecule has 132 valence electrons. The molecular formula is C18H20N2O4S. The molecule has 0 radical (unpaired) electrons. The van der Waals surface area contributed by atoms with Crippen LogP contribution in [-0.4, -0.2) is 36.2 Å². The van der Waals surface area contributed by atoms with Gasteiger partial charge in [-0.15, -0.1) is 11.3 Å². The number of aliphatic carboxylic acids is 1. The number of carbonyl (C=O) groups is 2. The summed E-state index contributed by atoms with van der Waals surface area (Å²) < 4.78 is 5.47. The number of benzene rings is 1. The van der Waals surface area contributed by atoms with Crippen molar-refractivity contribution in [2.24, 2.45) is 0 Å². The zero-order valence-corrected chi connectivity index (χ0v) is 14.5. The van der Waals surface area contributed by atoms with Crippen molar-refractivity contribution < 1.29 is 19.4 Å². The Hall–Kier alpha value is -2.38. The van der Waals surface area contributed by atoms with Gasteiger partial charge in [0.15, 0.2) is 6.10 Å². The first-order valence-corrected chi connectivity index (χ1v) is 9.00. The molecule has 6 nitrogen and oxygen atoms in total. The lowest BCUT2D eigenvalue weighted by Gasteiger charge is -2.15. The summed E-state index contributed by atoms with van der Waals surface area (Å²) in [6, 6.07) is 10.7. The molecule has 0 spiro atoms. The van der Waals surface area contributed by atoms with Crippen molar-refractivity contribution in [2.45, 2.75) is 25.5 Å². The van der Waals surface area contributed by atoms with Crippen molar-refractivity contribution in [3.63, 3.8) is 0 Å². The molecule has 0 saturated carbocycles. The predicted molar refractivity (Wildman–Crippen MR) is 95.2 cm³/mol. The maximum atomic E-state index is 12.3. The molecule has 7 heteroatoms. The van der Waals surface area contributed by atoms with E-state index in [0.717, 1.165) is 19.5 Å². The summed E-state index contributed by atoms with van der Waals surface area (Å²) in [5.41, 5.74) is 1.18. The minimum atomic E-state index is -1.05. The van der Waals surface area contributed by atoms with Gasteiger partial charge in [0.25, 0.3) is 5.91 Å². The van der Waals surface area contributed by atoms with Crippen LogP contribution in [0.25, 0.3) is 0 Å². The van der Waals surface area contributed by atoms with E-state index in [1.807, 2.05) is 12.1 Å². The third-order valence-corrected chi connectivity index (χ3v) is 5.19. The van der Waals surface area contributed by atoms with Crippen LogP contribution < -0.4 is 15.4 Å². The van der Waals surface area contributed by atoms with Crippen LogP contribution in [0.3, 0.4) is 0 Å². The third-order valence-electron chi connectivity index (χ3n) is 3.95. The van der Waals surface area contributed by atoms with Crippen molar-refractivity contribution in [3.8, 4) is 5.75 Å². The molecule has 1 unspecified atom stereocenters. The van der Waals surface area contributed by atoms with Gasteiger partial charge in [0.2, 0.25) is 0 Å². The molecule has 25 heavy (non-hydrogen) atoms. The van der Waals surface area contributed by atoms with Crippen molar-refractivity contribution in [3.05, 3.63) is 51.7 Å². The number of fused-ring (bicyclic) bond motifs is 1. The normalized spacial score (nSPS) is 14.4. The van der Waals surface area contributed by atoms with E-state index in [0.29, 0.717) is 10.6 Å². The molecule has 0 aliphatic carbocycles. The maximum absolute atomic E-state index is 12.3. The number of hydrogen-bond acceptors (Lipinski definition) is 5. The van der Waals surface area contributed by atoms with Gasteiger partial charge in [-0.2, -0.15) is 0 Å². The number of ether oxygens (including phenoxy) is 1. The zero-order chi connectivity index (χ0) is 17.6. The maximum Gasteiger partial charge on any atom is 0.344 e. The SMILES string of the molecule is O=C(NCCC(Oc1ccccc1)C(=O)O)c1cc2c(s1)CCNC2. The van der Waals surface area contributed by atoms with Gasteiger partial charge in [0.1, 0.15) is 5.75 Å². The zero-order valence-electron chi connectivity index (χ0n) is 13.7. The molecule has 0 fully saturated rings. The lowest BCUT2D eigenvalue weighted by molar-refractivity contribution is -0.145. The molecular weight excluding hydrogens is 340 g/mol. The molecule has 1 aliphatic rings. The van der Waals surface area contributed by atoms with E-state index in [1.165, 1.54) is 21.8 Å². The molecule has 2 heterocycles. The van der Waals surface area contributed by atoms with Crippen LogP contribution in [-0.2, 0) is 17.8 Å². The van der Waals surface area contributed by atoms with Crippen molar-refractivity contribution in [1.29, 1.82) is 0 Å². The van der Waals surface area contributed by atoms with Gasteiger partial charge < -0.3 is 20.5 Å². The van der Waals surface area contributed by atoms with Crippen LogP contribution in [0.5, 0.6) is 5.75 Å². The highest BCUT2D eigenvalue weighted by Gasteiger charge is 2.21. The molecule has 1 aliphatic heterocycles. The Kier molecular flexibility index (Phi) is 5.67. The molecule has 0 saturated heterocycles. The fraction of sp³-hybridized carbons (Fsp3) is 0.333. The first-order chi connectivity index (χ1) is 12.1. The second-order valence-electron chi connectivity index (χ2n) is 5.79. The summed E-state index contributed by atoms with van der Waals surface area (Å²) in [6.07, 6.45) is 0.144. The first-order valence-electron chi connectivity index (χ1n) is 8.18. The van der Waals surface area contributed by atoms with Gasteiger partial charge in [0.05, 0.1) is 4.88 Å². The van der Waals surface area contributed by atoms with Gasteiger partial charge in [-0.25, -0.2) is 4.79 Å². The number of hydrogen-bond donors (Lipinski definition) is 3. The summed E-state index contributed by atoms with van der Waals surface area (Å²) in [6.45, 7) is 1.97. The summed E-state index contributed by atoms with van der Waals surface area (Å²) in [4.78, 5) is 25.5. The molecule has 1 aromatic carbocycles. The smallest absolute Gasteiger partial charge is 0.344 e. The minimum Gasteiger partial charge on any atom is -0.479 e. The number of carbonyl (C=O) groups excluding carboxylic acids is 1. The first kappa shape index (κ1) is 17.4. The number of carboxylic acid groups (broad SMARTS) is 1. The Morgan fingerprint density at radius 3 is 2.84 bits per heavy atom. The second-order valence-corrected chi connectivity index (χ2v) is 6.92. The van der Waals surface area contributed by atoms with Crippen molar-refractivity contribution >= 4 is 23.2 Å². The lowest BCUT2D eigenvalue weighted by Crippen LogP contribution is -2.33. The number of nitrogens with one attached hydrogen (secondary N) is 2. The summed E-state index contributed by atoms with van der Waals surface area (Å²) >= 11 is 1.51. The monoisotopic (exact) mass is 360 g/mol. The highest BCUT2D eigenvalue weighted by atomic mass is 32.1. The van der Waals surface area contributed by atoms with Gasteiger partial charge in [-0.1, -0.05) is 18.2 Å². The van der Waals surface area contributed by atoms with E-state index in [-0.39, 0.29) is 18.9 Å². The summed E-state index contributed by atoms with van der Waals surface area (Å²) in [5, 5.41) is 15.4. The predicted octanol–water partition coefficient (Wildman–Crippen LogP) is 2.05. The highest BCUT2D eigenvalue weighted by molar-refractivity contribution is 7.14. The molecule has 2 aromatic rings. The molecule has 1 atom stereocenters. The van der Waals surface area contributed by atoms with Gasteiger partial charge >= 0.3 is 5.97 Å². The van der Waals surface area contributed by atoms with E-state index < -0.39 is 12.1 Å². The Morgan fingerprint density at radius 2 is 2.12 bits per heavy atom. The lowest BCUT2D eigenvalue weighted by atomic mass is 10.1. The quantitative estimate of drug-likeness (QED) is 0.703. The topological polar surface area (TPSA) is 87.7 Å². The molecule has 1 aromatic heterocycles. The fourth-order valence-electron chi connectivity index (χ4n) is 2.66. The van der Waals surface area contributed by atoms with Gasteiger partial charge in [0, 0.05) is 30.9 Å². The molecule has 0 bridgehead atoms. The third kappa shape index (κ3) is 4.58. The molecule has 3 rings (SSSR count). The number of para-hydroxylation sites is 1. The fourth-order valence-corrected chi connectivity index (χ4v) is 3.76. The Labute approximate surface area is 149 Å². The Balaban J connectivity index is 1.52. The standard InChI is InChI=1S/C18H20N2O4S/c21-17(16-10-12-11-19-8-7-15(12)25-16)20-9-6-14(18(22)23)24-13-4-2-1-3-5-13/h1-5,10,14,19H,6-9,11H2,(H,20,21)(H,22,23). The molecule has 1 amide bonds. The largest absolute Gasteiger partial charge is 0.479 e. The van der Waals surface area contributed by atoms with E-state index in [2.05, 4.69) is 10.6 Å². The van der Waals surface area contributed by atoms with Crippen molar-refractivity contribution in [1.82, 2.24) is 10.6 Å². The average molecular weight is 360 g/mol. The van der Waals surface area contributed by atoms with Crippen molar-refractivity contribution in [2.75, 3.05) is 13.1 Å². The highest BCUT2D eigenvalue weighted by Crippen LogP contribution is 2.25. The van der Waals surface area contributed by atoms with Crippen LogP contribution in [0.1, 0.15) is 26.5 Å². The number of carboxylic acids is 1.